The van der Waals surface area contributed by atoms with Crippen molar-refractivity contribution in [3.63, 3.8) is 0 Å². The van der Waals surface area contributed by atoms with Gasteiger partial charge in [0.1, 0.15) is 17.9 Å². The fourth-order valence-corrected chi connectivity index (χ4v) is 2.34. The number of hydrogen-bond acceptors (Lipinski definition) is 3. The van der Waals surface area contributed by atoms with E-state index in [0.717, 1.165) is 22.3 Å². The summed E-state index contributed by atoms with van der Waals surface area (Å²) in [6.07, 6.45) is 0. The van der Waals surface area contributed by atoms with Gasteiger partial charge in [0.05, 0.1) is 5.39 Å². The SMILES string of the molecule is Cc1c(C)c2c(OCc3ccccc3)cccc2oc1=O. The van der Waals surface area contributed by atoms with Crippen molar-refractivity contribution < 1.29 is 9.15 Å². The van der Waals surface area contributed by atoms with Gasteiger partial charge in [0.2, 0.25) is 0 Å². The molecular formula is C18H16O3. The summed E-state index contributed by atoms with van der Waals surface area (Å²) in [4.78, 5) is 11.7. The summed E-state index contributed by atoms with van der Waals surface area (Å²) < 4.78 is 11.2. The van der Waals surface area contributed by atoms with Crippen molar-refractivity contribution in [2.24, 2.45) is 0 Å². The largest absolute Gasteiger partial charge is 0.488 e. The van der Waals surface area contributed by atoms with Gasteiger partial charge < -0.3 is 9.15 Å². The topological polar surface area (TPSA) is 39.4 Å². The lowest BCUT2D eigenvalue weighted by molar-refractivity contribution is 0.309. The van der Waals surface area contributed by atoms with E-state index in [0.29, 0.717) is 17.8 Å². The van der Waals surface area contributed by atoms with E-state index >= 15 is 0 Å². The molecule has 0 bridgehead atoms. The highest BCUT2D eigenvalue weighted by Gasteiger charge is 2.12. The average Bonchev–Trinajstić information content (AvgIpc) is 2.51. The van der Waals surface area contributed by atoms with Gasteiger partial charge in [-0.25, -0.2) is 4.79 Å². The molecule has 3 rings (SSSR count). The zero-order valence-corrected chi connectivity index (χ0v) is 12.1. The minimum Gasteiger partial charge on any atom is -0.488 e. The third kappa shape index (κ3) is 2.55. The molecule has 21 heavy (non-hydrogen) atoms. The summed E-state index contributed by atoms with van der Waals surface area (Å²) in [5.41, 5.74) is 2.90. The molecule has 1 aromatic heterocycles. The summed E-state index contributed by atoms with van der Waals surface area (Å²) in [6.45, 7) is 4.18. The van der Waals surface area contributed by atoms with Crippen LogP contribution < -0.4 is 10.4 Å². The van der Waals surface area contributed by atoms with E-state index in [1.54, 1.807) is 13.0 Å². The van der Waals surface area contributed by atoms with Crippen LogP contribution in [0.4, 0.5) is 0 Å². The van der Waals surface area contributed by atoms with E-state index in [4.69, 9.17) is 9.15 Å². The zero-order chi connectivity index (χ0) is 14.8. The second-order valence-corrected chi connectivity index (χ2v) is 5.04. The highest BCUT2D eigenvalue weighted by atomic mass is 16.5. The minimum absolute atomic E-state index is 0.291. The van der Waals surface area contributed by atoms with Crippen molar-refractivity contribution in [2.45, 2.75) is 20.5 Å². The van der Waals surface area contributed by atoms with Crippen LogP contribution in [0, 0.1) is 13.8 Å². The quantitative estimate of drug-likeness (QED) is 0.681. The van der Waals surface area contributed by atoms with Crippen LogP contribution in [0.2, 0.25) is 0 Å². The van der Waals surface area contributed by atoms with Gasteiger partial charge >= 0.3 is 5.63 Å². The van der Waals surface area contributed by atoms with E-state index in [2.05, 4.69) is 0 Å². The van der Waals surface area contributed by atoms with E-state index in [9.17, 15) is 4.79 Å². The second-order valence-electron chi connectivity index (χ2n) is 5.04. The normalized spacial score (nSPS) is 10.8. The molecule has 1 heterocycles. The third-order valence-corrected chi connectivity index (χ3v) is 3.67. The lowest BCUT2D eigenvalue weighted by Crippen LogP contribution is -2.06. The Hall–Kier alpha value is -2.55. The highest BCUT2D eigenvalue weighted by molar-refractivity contribution is 5.87. The summed E-state index contributed by atoms with van der Waals surface area (Å²) in [5.74, 6) is 0.737. The molecule has 0 aliphatic heterocycles. The van der Waals surface area contributed by atoms with Crippen molar-refractivity contribution in [2.75, 3.05) is 0 Å². The molecule has 0 saturated heterocycles. The fourth-order valence-electron chi connectivity index (χ4n) is 2.34. The van der Waals surface area contributed by atoms with Crippen LogP contribution in [0.25, 0.3) is 11.0 Å². The Morgan fingerprint density at radius 1 is 0.952 bits per heavy atom. The molecule has 2 aromatic carbocycles. The van der Waals surface area contributed by atoms with Crippen molar-refractivity contribution >= 4 is 11.0 Å². The van der Waals surface area contributed by atoms with Gasteiger partial charge in [-0.1, -0.05) is 36.4 Å². The molecule has 0 N–H and O–H groups in total. The van der Waals surface area contributed by atoms with Crippen LogP contribution in [-0.2, 0) is 6.61 Å². The first-order valence-corrected chi connectivity index (χ1v) is 6.86. The average molecular weight is 280 g/mol. The predicted octanol–water partition coefficient (Wildman–Crippen LogP) is 3.99. The molecule has 0 saturated carbocycles. The van der Waals surface area contributed by atoms with E-state index in [1.165, 1.54) is 0 Å². The van der Waals surface area contributed by atoms with E-state index in [1.807, 2.05) is 49.4 Å². The van der Waals surface area contributed by atoms with Gasteiger partial charge in [-0.3, -0.25) is 0 Å². The van der Waals surface area contributed by atoms with Crippen molar-refractivity contribution in [1.82, 2.24) is 0 Å². The maximum absolute atomic E-state index is 11.7. The van der Waals surface area contributed by atoms with Gasteiger partial charge in [0.25, 0.3) is 0 Å². The molecule has 106 valence electrons. The number of benzene rings is 2. The molecule has 0 atom stereocenters. The number of ether oxygens (including phenoxy) is 1. The van der Waals surface area contributed by atoms with Gasteiger partial charge in [0, 0.05) is 5.56 Å². The van der Waals surface area contributed by atoms with Gasteiger partial charge in [-0.2, -0.15) is 0 Å². The first-order chi connectivity index (χ1) is 10.2. The first-order valence-electron chi connectivity index (χ1n) is 6.86. The number of hydrogen-bond donors (Lipinski definition) is 0. The molecule has 0 fully saturated rings. The molecule has 0 radical (unpaired) electrons. The van der Waals surface area contributed by atoms with Crippen LogP contribution in [0.3, 0.4) is 0 Å². The smallest absolute Gasteiger partial charge is 0.339 e. The predicted molar refractivity (Wildman–Crippen MR) is 82.7 cm³/mol. The Bertz CT molecular complexity index is 832. The standard InChI is InChI=1S/C18H16O3/c1-12-13(2)18(19)21-16-10-6-9-15(17(12)16)20-11-14-7-4-3-5-8-14/h3-10H,11H2,1-2H3. The number of fused-ring (bicyclic) bond motifs is 1. The zero-order valence-electron chi connectivity index (χ0n) is 12.1. The van der Waals surface area contributed by atoms with Crippen molar-refractivity contribution in [1.29, 1.82) is 0 Å². The van der Waals surface area contributed by atoms with Crippen LogP contribution in [-0.4, -0.2) is 0 Å². The molecule has 0 amide bonds. The molecule has 3 nitrogen and oxygen atoms in total. The summed E-state index contributed by atoms with van der Waals surface area (Å²) in [5, 5.41) is 0.866. The van der Waals surface area contributed by atoms with E-state index < -0.39 is 0 Å². The number of rotatable bonds is 3. The molecule has 3 heteroatoms. The lowest BCUT2D eigenvalue weighted by atomic mass is 10.1. The third-order valence-electron chi connectivity index (χ3n) is 3.67. The highest BCUT2D eigenvalue weighted by Crippen LogP contribution is 2.29. The summed E-state index contributed by atoms with van der Waals surface area (Å²) in [7, 11) is 0. The second kappa shape index (κ2) is 5.44. The molecule has 0 unspecified atom stereocenters. The van der Waals surface area contributed by atoms with Crippen LogP contribution in [0.15, 0.2) is 57.7 Å². The van der Waals surface area contributed by atoms with Crippen molar-refractivity contribution in [3.05, 3.63) is 75.6 Å². The molecule has 0 spiro atoms. The Balaban J connectivity index is 2.03. The van der Waals surface area contributed by atoms with E-state index in [-0.39, 0.29) is 5.63 Å². The minimum atomic E-state index is -0.291. The molecular weight excluding hydrogens is 264 g/mol. The Morgan fingerprint density at radius 3 is 2.48 bits per heavy atom. The van der Waals surface area contributed by atoms with Crippen molar-refractivity contribution in [3.8, 4) is 5.75 Å². The molecule has 0 aliphatic carbocycles. The lowest BCUT2D eigenvalue weighted by Gasteiger charge is -2.11. The first kappa shape index (κ1) is 13.4. The van der Waals surface area contributed by atoms with Crippen LogP contribution in [0.1, 0.15) is 16.7 Å². The Labute approximate surface area is 122 Å². The molecule has 3 aromatic rings. The van der Waals surface area contributed by atoms with Crippen LogP contribution >= 0.6 is 0 Å². The maximum Gasteiger partial charge on any atom is 0.339 e. The van der Waals surface area contributed by atoms with Crippen LogP contribution in [0.5, 0.6) is 5.75 Å². The maximum atomic E-state index is 11.7. The molecule has 0 aliphatic rings. The van der Waals surface area contributed by atoms with Gasteiger partial charge in [0.15, 0.2) is 0 Å². The Kier molecular flexibility index (Phi) is 3.48. The summed E-state index contributed by atoms with van der Waals surface area (Å²) in [6, 6.07) is 15.5. The van der Waals surface area contributed by atoms with Gasteiger partial charge in [-0.05, 0) is 37.1 Å². The fraction of sp³-hybridized carbons (Fsp3) is 0.167. The summed E-state index contributed by atoms with van der Waals surface area (Å²) >= 11 is 0. The van der Waals surface area contributed by atoms with Gasteiger partial charge in [-0.15, -0.1) is 0 Å². The Morgan fingerprint density at radius 2 is 1.71 bits per heavy atom. The number of aryl methyl sites for hydroxylation is 1. The monoisotopic (exact) mass is 280 g/mol.